The third kappa shape index (κ3) is 7.87. The Bertz CT molecular complexity index is 2720. The van der Waals surface area contributed by atoms with Crippen molar-refractivity contribution in [2.75, 3.05) is 38.0 Å². The molecule has 5 aliphatic heterocycles. The Balaban J connectivity index is 0.742. The van der Waals surface area contributed by atoms with Crippen LogP contribution in [0, 0.1) is 5.82 Å². The molecule has 2 spiro atoms. The van der Waals surface area contributed by atoms with E-state index in [1.165, 1.54) is 10.6 Å². The van der Waals surface area contributed by atoms with E-state index in [2.05, 4.69) is 26.2 Å². The normalized spacial score (nSPS) is 25.8. The number of benzene rings is 3. The highest BCUT2D eigenvalue weighted by Gasteiger charge is 2.72. The largest absolute Gasteiger partial charge is 0.352 e. The maximum atomic E-state index is 16.3. The first-order valence-electron chi connectivity index (χ1n) is 24.0. The van der Waals surface area contributed by atoms with E-state index < -0.39 is 40.7 Å². The predicted octanol–water partition coefficient (Wildman–Crippen LogP) is 6.18. The first-order chi connectivity index (χ1) is 32.3. The van der Waals surface area contributed by atoms with E-state index >= 15 is 4.39 Å². The number of anilines is 1. The second-order valence-electron chi connectivity index (χ2n) is 19.6. The number of aromatic nitrogens is 2. The number of piperidine rings is 3. The zero-order valence-corrected chi connectivity index (χ0v) is 39.2. The Morgan fingerprint density at radius 2 is 1.63 bits per heavy atom. The molecule has 0 bridgehead atoms. The molecule has 3 aromatic carbocycles. The number of nitrogens with one attached hydrogen (secondary N) is 4. The van der Waals surface area contributed by atoms with Gasteiger partial charge in [-0.25, -0.2) is 9.18 Å². The van der Waals surface area contributed by atoms with Crippen LogP contribution >= 0.6 is 23.2 Å². The molecular formula is C50H57Cl2FN8O6. The number of hydrogen-bond donors (Lipinski definition) is 4. The number of amides is 5. The Hall–Kier alpha value is -5.09. The number of fused-ring (bicyclic) bond motifs is 4. The minimum absolute atomic E-state index is 0.0618. The summed E-state index contributed by atoms with van der Waals surface area (Å²) in [5, 5.41) is 12.9. The highest BCUT2D eigenvalue weighted by atomic mass is 35.5. The number of imidazole rings is 1. The van der Waals surface area contributed by atoms with Crippen LogP contribution in [-0.2, 0) is 36.4 Å². The molecule has 4 atom stereocenters. The zero-order valence-electron chi connectivity index (χ0n) is 37.7. The maximum absolute atomic E-state index is 16.3. The molecule has 1 unspecified atom stereocenters. The lowest BCUT2D eigenvalue weighted by atomic mass is 9.55. The summed E-state index contributed by atoms with van der Waals surface area (Å²) in [5.41, 5.74) is 1.65. The first kappa shape index (κ1) is 45.7. The molecule has 67 heavy (non-hydrogen) atoms. The van der Waals surface area contributed by atoms with Crippen LogP contribution in [0.3, 0.4) is 0 Å². The van der Waals surface area contributed by atoms with Crippen molar-refractivity contribution in [1.29, 1.82) is 0 Å². The fourth-order valence-electron chi connectivity index (χ4n) is 12.7. The highest BCUT2D eigenvalue weighted by molar-refractivity contribution is 6.31. The zero-order chi connectivity index (χ0) is 46.8. The van der Waals surface area contributed by atoms with Gasteiger partial charge in [0.15, 0.2) is 0 Å². The van der Waals surface area contributed by atoms with Gasteiger partial charge in [0.1, 0.15) is 17.3 Å². The van der Waals surface area contributed by atoms with Gasteiger partial charge in [0.2, 0.25) is 29.5 Å². The number of carbonyl (C=O) groups excluding carboxylic acids is 5. The summed E-state index contributed by atoms with van der Waals surface area (Å²) in [7, 11) is 1.70. The molecule has 1 aliphatic carbocycles. The van der Waals surface area contributed by atoms with E-state index in [4.69, 9.17) is 23.2 Å². The Labute approximate surface area is 398 Å². The second kappa shape index (κ2) is 18.1. The van der Waals surface area contributed by atoms with E-state index in [1.54, 1.807) is 35.9 Å². The number of carbonyl (C=O) groups is 5. The van der Waals surface area contributed by atoms with Crippen molar-refractivity contribution >= 4 is 69.5 Å². The molecular weight excluding hydrogens is 899 g/mol. The molecule has 4 saturated heterocycles. The average Bonchev–Trinajstić information content (AvgIpc) is 3.88. The molecule has 10 rings (SSSR count). The summed E-state index contributed by atoms with van der Waals surface area (Å²) in [6.45, 7) is 3.58. The van der Waals surface area contributed by atoms with Crippen LogP contribution in [-0.4, -0.2) is 98.8 Å². The summed E-state index contributed by atoms with van der Waals surface area (Å²) < 4.78 is 19.4. The van der Waals surface area contributed by atoms with E-state index in [0.29, 0.717) is 48.6 Å². The molecule has 0 radical (unpaired) electrons. The van der Waals surface area contributed by atoms with Gasteiger partial charge in [-0.15, -0.1) is 0 Å². The van der Waals surface area contributed by atoms with Crippen molar-refractivity contribution in [3.05, 3.63) is 97.6 Å². The minimum atomic E-state index is -1.29. The molecule has 17 heteroatoms. The standard InChI is InChI=1S/C50H57Cl2FN8O6/c1-58-39-27-30(10-13-37(39)61(48(58)67)38-14-15-40(62)56-45(38)64)29-16-25-60(26-17-29)41(63)9-6-22-59-23-18-32(19-24-59)54-46(65)44-42(33-7-5-8-35(52)43(33)53)50(49(57-44)20-3-2-4-21-49)34-12-11-31(51)28-36(34)55-47(50)66/h5,7-8,10-13,27-29,32,38,42,44,57H,2-4,6,9,14-26H2,1H3,(H,54,65)(H,55,66)(H,56,62,64)/t38?,42-,44+,50+/m0/s1. The number of imide groups is 1. The molecule has 4 N–H and O–H groups in total. The Morgan fingerprint density at radius 3 is 2.37 bits per heavy atom. The van der Waals surface area contributed by atoms with E-state index in [9.17, 15) is 28.8 Å². The van der Waals surface area contributed by atoms with Gasteiger partial charge >= 0.3 is 5.69 Å². The average molecular weight is 956 g/mol. The quantitative estimate of drug-likeness (QED) is 0.145. The number of halogens is 3. The molecule has 6 aliphatic rings. The molecule has 1 aromatic heterocycles. The number of hydrogen-bond acceptors (Lipinski definition) is 8. The van der Waals surface area contributed by atoms with Gasteiger partial charge in [-0.05, 0) is 111 Å². The van der Waals surface area contributed by atoms with Gasteiger partial charge < -0.3 is 20.4 Å². The SMILES string of the molecule is Cn1c(=O)n(C2CCC(=O)NC2=O)c2ccc(C3CCN(C(=O)CCCN4CCC(NC(=O)[C@@H]5NC6(CCCCC6)[C@@]6(C(=O)Nc7cc(Cl)ccc76)[C@H]5c5cccc(Cl)c5F)CC4)CC3)cc21. The topological polar surface area (TPSA) is 167 Å². The molecule has 5 amide bonds. The van der Waals surface area contributed by atoms with Crippen molar-refractivity contribution < 1.29 is 28.4 Å². The van der Waals surface area contributed by atoms with Gasteiger partial charge in [-0.1, -0.05) is 66.7 Å². The third-order valence-electron chi connectivity index (χ3n) is 16.1. The van der Waals surface area contributed by atoms with Gasteiger partial charge in [0, 0.05) is 74.3 Å². The lowest BCUT2D eigenvalue weighted by Gasteiger charge is -2.47. The smallest absolute Gasteiger partial charge is 0.329 e. The van der Waals surface area contributed by atoms with Crippen molar-refractivity contribution in [2.45, 2.75) is 124 Å². The summed E-state index contributed by atoms with van der Waals surface area (Å²) in [6.07, 6.45) is 8.72. The van der Waals surface area contributed by atoms with E-state index in [-0.39, 0.29) is 64.7 Å². The maximum Gasteiger partial charge on any atom is 0.329 e. The van der Waals surface area contributed by atoms with Gasteiger partial charge in [-0.2, -0.15) is 0 Å². The summed E-state index contributed by atoms with van der Waals surface area (Å²) in [6, 6.07) is 14.3. The van der Waals surface area contributed by atoms with Crippen molar-refractivity contribution in [1.82, 2.24) is 34.9 Å². The molecule has 1 saturated carbocycles. The lowest BCUT2D eigenvalue weighted by Crippen LogP contribution is -2.60. The summed E-state index contributed by atoms with van der Waals surface area (Å²) >= 11 is 12.9. The van der Waals surface area contributed by atoms with Crippen LogP contribution < -0.4 is 27.0 Å². The van der Waals surface area contributed by atoms with Gasteiger partial charge in [0.25, 0.3) is 0 Å². The first-order valence-corrected chi connectivity index (χ1v) is 24.7. The second-order valence-corrected chi connectivity index (χ2v) is 20.5. The van der Waals surface area contributed by atoms with Crippen molar-refractivity contribution in [3.63, 3.8) is 0 Å². The third-order valence-corrected chi connectivity index (χ3v) is 16.6. The van der Waals surface area contributed by atoms with Crippen LogP contribution in [0.5, 0.6) is 0 Å². The molecule has 354 valence electrons. The van der Waals surface area contributed by atoms with E-state index in [1.807, 2.05) is 29.2 Å². The number of likely N-dealkylation sites (tertiary alicyclic amines) is 2. The number of aryl methyl sites for hydroxylation is 1. The van der Waals surface area contributed by atoms with E-state index in [0.717, 1.165) is 87.6 Å². The fourth-order valence-corrected chi connectivity index (χ4v) is 13.1. The summed E-state index contributed by atoms with van der Waals surface area (Å²) in [4.78, 5) is 84.7. The molecule has 4 aromatic rings. The van der Waals surface area contributed by atoms with Gasteiger partial charge in [-0.3, -0.25) is 43.7 Å². The van der Waals surface area contributed by atoms with Gasteiger partial charge in [0.05, 0.1) is 22.1 Å². The predicted molar refractivity (Wildman–Crippen MR) is 253 cm³/mol. The summed E-state index contributed by atoms with van der Waals surface area (Å²) in [5.74, 6) is -2.45. The fraction of sp³-hybridized carbons (Fsp3) is 0.520. The van der Waals surface area contributed by atoms with Crippen LogP contribution in [0.2, 0.25) is 10.0 Å². The Kier molecular flexibility index (Phi) is 12.3. The lowest BCUT2D eigenvalue weighted by molar-refractivity contribution is -0.136. The molecule has 5 fully saturated rings. The molecule has 6 heterocycles. The van der Waals surface area contributed by atoms with Crippen LogP contribution in [0.15, 0.2) is 59.4 Å². The monoisotopic (exact) mass is 954 g/mol. The van der Waals surface area contributed by atoms with Crippen LogP contribution in [0.25, 0.3) is 11.0 Å². The Morgan fingerprint density at radius 1 is 0.866 bits per heavy atom. The highest BCUT2D eigenvalue weighted by Crippen LogP contribution is 2.63. The minimum Gasteiger partial charge on any atom is -0.352 e. The molecule has 14 nitrogen and oxygen atoms in total. The van der Waals surface area contributed by atoms with Crippen LogP contribution in [0.4, 0.5) is 10.1 Å². The number of nitrogens with zero attached hydrogens (tertiary/aromatic N) is 4. The van der Waals surface area contributed by atoms with Crippen LogP contribution in [0.1, 0.15) is 118 Å². The number of rotatable bonds is 9. The van der Waals surface area contributed by atoms with Crippen molar-refractivity contribution in [3.8, 4) is 0 Å². The van der Waals surface area contributed by atoms with Crippen molar-refractivity contribution in [2.24, 2.45) is 7.05 Å².